The normalized spacial score (nSPS) is 21.7. The summed E-state index contributed by atoms with van der Waals surface area (Å²) in [5, 5.41) is 2.95. The van der Waals surface area contributed by atoms with Crippen molar-refractivity contribution in [3.05, 3.63) is 29.8 Å². The fourth-order valence-electron chi connectivity index (χ4n) is 3.44. The third-order valence-electron chi connectivity index (χ3n) is 4.95. The third kappa shape index (κ3) is 3.72. The van der Waals surface area contributed by atoms with Gasteiger partial charge in [0.2, 0.25) is 11.8 Å². The van der Waals surface area contributed by atoms with E-state index in [4.69, 9.17) is 4.74 Å². The van der Waals surface area contributed by atoms with Gasteiger partial charge in [-0.25, -0.2) is 0 Å². The third-order valence-corrected chi connectivity index (χ3v) is 4.95. The number of hydrogen-bond donors (Lipinski definition) is 1. The summed E-state index contributed by atoms with van der Waals surface area (Å²) in [6.07, 6.45) is 3.86. The van der Waals surface area contributed by atoms with Crippen molar-refractivity contribution in [3.63, 3.8) is 0 Å². The van der Waals surface area contributed by atoms with Gasteiger partial charge in [-0.2, -0.15) is 0 Å². The van der Waals surface area contributed by atoms with Crippen LogP contribution in [0.25, 0.3) is 0 Å². The Hall–Kier alpha value is -1.88. The van der Waals surface area contributed by atoms with Crippen molar-refractivity contribution in [2.45, 2.75) is 38.2 Å². The second-order valence-electron chi connectivity index (χ2n) is 6.40. The van der Waals surface area contributed by atoms with Crippen molar-refractivity contribution in [1.29, 1.82) is 0 Å². The maximum Gasteiger partial charge on any atom is 0.227 e. The number of piperidine rings is 1. The molecule has 1 aromatic carbocycles. The highest BCUT2D eigenvalue weighted by molar-refractivity contribution is 5.96. The number of methoxy groups -OCH3 is 1. The maximum absolute atomic E-state index is 12.3. The number of nitrogens with one attached hydrogen (secondary N) is 1. The Kier molecular flexibility index (Phi) is 4.96. The topological polar surface area (TPSA) is 58.6 Å². The molecule has 2 aliphatic heterocycles. The van der Waals surface area contributed by atoms with Crippen LogP contribution in [0.2, 0.25) is 0 Å². The molecule has 2 heterocycles. The average Bonchev–Trinajstić information content (AvgIpc) is 2.59. The number of amides is 2. The molecule has 0 spiro atoms. The van der Waals surface area contributed by atoms with Crippen molar-refractivity contribution in [2.75, 3.05) is 25.5 Å². The van der Waals surface area contributed by atoms with E-state index in [0.717, 1.165) is 43.6 Å². The van der Waals surface area contributed by atoms with E-state index in [9.17, 15) is 9.59 Å². The molecule has 1 saturated heterocycles. The number of para-hydroxylation sites is 1. The van der Waals surface area contributed by atoms with Gasteiger partial charge >= 0.3 is 0 Å². The Bertz CT molecular complexity index is 579. The summed E-state index contributed by atoms with van der Waals surface area (Å²) in [6, 6.07) is 7.87. The quantitative estimate of drug-likeness (QED) is 0.926. The first-order valence-corrected chi connectivity index (χ1v) is 8.36. The molecule has 2 amide bonds. The molecule has 0 saturated carbocycles. The number of hydrogen-bond acceptors (Lipinski definition) is 3. The monoisotopic (exact) mass is 316 g/mol. The Balaban J connectivity index is 1.51. The maximum atomic E-state index is 12.3. The highest BCUT2D eigenvalue weighted by atomic mass is 16.5. The lowest BCUT2D eigenvalue weighted by molar-refractivity contribution is -0.134. The molecule has 1 N–H and O–H groups in total. The molecule has 1 atom stereocenters. The van der Waals surface area contributed by atoms with Crippen LogP contribution in [0.4, 0.5) is 5.69 Å². The summed E-state index contributed by atoms with van der Waals surface area (Å²) in [7, 11) is 1.72. The highest BCUT2D eigenvalue weighted by Crippen LogP contribution is 2.27. The van der Waals surface area contributed by atoms with Gasteiger partial charge in [-0.05, 0) is 37.3 Å². The predicted octanol–water partition coefficient (Wildman–Crippen LogP) is 2.21. The van der Waals surface area contributed by atoms with Crippen LogP contribution in [0.3, 0.4) is 0 Å². The molecule has 2 aliphatic rings. The first kappa shape index (κ1) is 16.0. The number of nitrogens with zero attached hydrogens (tertiary/aromatic N) is 1. The fraction of sp³-hybridized carbons (Fsp3) is 0.556. The van der Waals surface area contributed by atoms with Crippen LogP contribution in [0, 0.1) is 5.92 Å². The van der Waals surface area contributed by atoms with Crippen LogP contribution in [0.5, 0.6) is 0 Å². The van der Waals surface area contributed by atoms with Gasteiger partial charge in [0.05, 0.1) is 6.10 Å². The summed E-state index contributed by atoms with van der Waals surface area (Å²) in [4.78, 5) is 26.4. The SMILES string of the molecule is COC1CCN(C(=O)CC[C@H]2Cc3ccccc3NC2=O)CC1. The van der Waals surface area contributed by atoms with Crippen LogP contribution in [-0.2, 0) is 20.7 Å². The number of likely N-dealkylation sites (tertiary alicyclic amines) is 1. The zero-order valence-electron chi connectivity index (χ0n) is 13.6. The van der Waals surface area contributed by atoms with Gasteiger partial charge in [0, 0.05) is 38.2 Å². The van der Waals surface area contributed by atoms with Gasteiger partial charge < -0.3 is 15.0 Å². The molecule has 0 bridgehead atoms. The number of carbonyl (C=O) groups excluding carboxylic acids is 2. The molecular formula is C18H24N2O3. The van der Waals surface area contributed by atoms with Crippen LogP contribution in [0.1, 0.15) is 31.2 Å². The Morgan fingerprint density at radius 3 is 2.78 bits per heavy atom. The van der Waals surface area contributed by atoms with E-state index in [2.05, 4.69) is 5.32 Å². The molecule has 124 valence electrons. The Morgan fingerprint density at radius 2 is 2.04 bits per heavy atom. The number of carbonyl (C=O) groups is 2. The number of fused-ring (bicyclic) bond motifs is 1. The van der Waals surface area contributed by atoms with Crippen molar-refractivity contribution < 1.29 is 14.3 Å². The molecule has 0 aliphatic carbocycles. The minimum absolute atomic E-state index is 0.0367. The first-order valence-electron chi connectivity index (χ1n) is 8.36. The Labute approximate surface area is 137 Å². The molecule has 23 heavy (non-hydrogen) atoms. The van der Waals surface area contributed by atoms with E-state index >= 15 is 0 Å². The van der Waals surface area contributed by atoms with Crippen LogP contribution in [-0.4, -0.2) is 43.0 Å². The summed E-state index contributed by atoms with van der Waals surface area (Å²) in [5.74, 6) is 0.0890. The number of rotatable bonds is 4. The zero-order valence-corrected chi connectivity index (χ0v) is 13.6. The fourth-order valence-corrected chi connectivity index (χ4v) is 3.44. The molecule has 1 fully saturated rings. The minimum Gasteiger partial charge on any atom is -0.381 e. The van der Waals surface area contributed by atoms with Gasteiger partial charge in [0.15, 0.2) is 0 Å². The summed E-state index contributed by atoms with van der Waals surface area (Å²) >= 11 is 0. The standard InChI is InChI=1S/C18H24N2O3/c1-23-15-8-10-20(11-9-15)17(21)7-6-14-12-13-4-2-3-5-16(13)19-18(14)22/h2-5,14-15H,6-12H2,1H3,(H,19,22)/t14-/m0/s1. The molecule has 0 aromatic heterocycles. The van der Waals surface area contributed by atoms with E-state index in [1.165, 1.54) is 0 Å². The van der Waals surface area contributed by atoms with E-state index in [1.807, 2.05) is 29.2 Å². The molecule has 5 nitrogen and oxygen atoms in total. The molecule has 0 unspecified atom stereocenters. The first-order chi connectivity index (χ1) is 11.2. The van der Waals surface area contributed by atoms with Crippen molar-refractivity contribution in [1.82, 2.24) is 4.90 Å². The van der Waals surface area contributed by atoms with Crippen molar-refractivity contribution >= 4 is 17.5 Å². The van der Waals surface area contributed by atoms with Gasteiger partial charge in [0.25, 0.3) is 0 Å². The van der Waals surface area contributed by atoms with Crippen molar-refractivity contribution in [3.8, 4) is 0 Å². The van der Waals surface area contributed by atoms with Gasteiger partial charge in [-0.15, -0.1) is 0 Å². The van der Waals surface area contributed by atoms with Gasteiger partial charge in [-0.3, -0.25) is 9.59 Å². The summed E-state index contributed by atoms with van der Waals surface area (Å²) in [6.45, 7) is 1.52. The average molecular weight is 316 g/mol. The zero-order chi connectivity index (χ0) is 16.2. The molecule has 5 heteroatoms. The summed E-state index contributed by atoms with van der Waals surface area (Å²) in [5.41, 5.74) is 2.06. The summed E-state index contributed by atoms with van der Waals surface area (Å²) < 4.78 is 5.33. The van der Waals surface area contributed by atoms with Crippen LogP contribution >= 0.6 is 0 Å². The number of benzene rings is 1. The minimum atomic E-state index is -0.106. The van der Waals surface area contributed by atoms with E-state index in [0.29, 0.717) is 12.8 Å². The molecular weight excluding hydrogens is 292 g/mol. The predicted molar refractivity (Wildman–Crippen MR) is 88.1 cm³/mol. The second kappa shape index (κ2) is 7.13. The van der Waals surface area contributed by atoms with E-state index in [-0.39, 0.29) is 23.8 Å². The van der Waals surface area contributed by atoms with Gasteiger partial charge in [0.1, 0.15) is 0 Å². The lowest BCUT2D eigenvalue weighted by atomic mass is 9.89. The van der Waals surface area contributed by atoms with Crippen LogP contribution in [0.15, 0.2) is 24.3 Å². The van der Waals surface area contributed by atoms with Crippen LogP contribution < -0.4 is 5.32 Å². The Morgan fingerprint density at radius 1 is 1.30 bits per heavy atom. The highest BCUT2D eigenvalue weighted by Gasteiger charge is 2.28. The number of ether oxygens (including phenoxy) is 1. The lowest BCUT2D eigenvalue weighted by Gasteiger charge is -2.32. The van der Waals surface area contributed by atoms with Crippen molar-refractivity contribution in [2.24, 2.45) is 5.92 Å². The molecule has 3 rings (SSSR count). The van der Waals surface area contributed by atoms with E-state index < -0.39 is 0 Å². The second-order valence-corrected chi connectivity index (χ2v) is 6.40. The largest absolute Gasteiger partial charge is 0.381 e. The smallest absolute Gasteiger partial charge is 0.227 e. The molecule has 1 aromatic rings. The lowest BCUT2D eigenvalue weighted by Crippen LogP contribution is -2.41. The van der Waals surface area contributed by atoms with E-state index in [1.54, 1.807) is 7.11 Å². The number of anilines is 1. The van der Waals surface area contributed by atoms with Gasteiger partial charge in [-0.1, -0.05) is 18.2 Å². The molecule has 0 radical (unpaired) electrons.